The van der Waals surface area contributed by atoms with Crippen molar-refractivity contribution in [3.8, 4) is 0 Å². The lowest BCUT2D eigenvalue weighted by molar-refractivity contribution is 0.238. The van der Waals surface area contributed by atoms with Crippen LogP contribution in [0.2, 0.25) is 10.0 Å². The monoisotopic (exact) mass is 257 g/mol. The largest absolute Gasteiger partial charge is 0.316 e. The van der Waals surface area contributed by atoms with Crippen molar-refractivity contribution < 1.29 is 0 Å². The first-order chi connectivity index (χ1) is 7.54. The summed E-state index contributed by atoms with van der Waals surface area (Å²) in [7, 11) is 0. The SMILES string of the molecule is C[C@H]1CNCC[C@]1(C)c1ccc(Cl)c(Cl)c1. The van der Waals surface area contributed by atoms with Crippen molar-refractivity contribution in [3.63, 3.8) is 0 Å². The van der Waals surface area contributed by atoms with Gasteiger partial charge in [0.1, 0.15) is 0 Å². The Balaban J connectivity index is 2.37. The Kier molecular flexibility index (Phi) is 3.48. The Morgan fingerprint density at radius 1 is 1.31 bits per heavy atom. The first kappa shape index (κ1) is 12.2. The fourth-order valence-corrected chi connectivity index (χ4v) is 2.72. The molecule has 0 radical (unpaired) electrons. The predicted molar refractivity (Wildman–Crippen MR) is 70.5 cm³/mol. The highest BCUT2D eigenvalue weighted by atomic mass is 35.5. The van der Waals surface area contributed by atoms with E-state index >= 15 is 0 Å². The smallest absolute Gasteiger partial charge is 0.0595 e. The fourth-order valence-electron chi connectivity index (χ4n) is 2.42. The molecule has 0 aliphatic carbocycles. The molecule has 3 heteroatoms. The topological polar surface area (TPSA) is 12.0 Å². The molecule has 0 saturated carbocycles. The van der Waals surface area contributed by atoms with Crippen LogP contribution in [0.3, 0.4) is 0 Å². The quantitative estimate of drug-likeness (QED) is 0.806. The molecule has 1 aromatic carbocycles. The molecule has 0 amide bonds. The summed E-state index contributed by atoms with van der Waals surface area (Å²) >= 11 is 12.1. The second-order valence-corrected chi connectivity index (χ2v) is 5.72. The van der Waals surface area contributed by atoms with E-state index in [1.165, 1.54) is 5.56 Å². The molecule has 16 heavy (non-hydrogen) atoms. The summed E-state index contributed by atoms with van der Waals surface area (Å²) in [5, 5.41) is 4.72. The van der Waals surface area contributed by atoms with Crippen LogP contribution < -0.4 is 5.32 Å². The zero-order valence-electron chi connectivity index (χ0n) is 9.69. The minimum atomic E-state index is 0.208. The van der Waals surface area contributed by atoms with Gasteiger partial charge < -0.3 is 5.32 Å². The average molecular weight is 258 g/mol. The summed E-state index contributed by atoms with van der Waals surface area (Å²) < 4.78 is 0. The van der Waals surface area contributed by atoms with Crippen LogP contribution in [0.4, 0.5) is 0 Å². The predicted octanol–water partition coefficient (Wildman–Crippen LogP) is 3.88. The molecule has 0 spiro atoms. The van der Waals surface area contributed by atoms with E-state index in [1.54, 1.807) is 0 Å². The van der Waals surface area contributed by atoms with E-state index in [0.29, 0.717) is 16.0 Å². The summed E-state index contributed by atoms with van der Waals surface area (Å²) in [6, 6.07) is 6.03. The number of hydrogen-bond donors (Lipinski definition) is 1. The molecule has 2 atom stereocenters. The van der Waals surface area contributed by atoms with Crippen LogP contribution in [0.25, 0.3) is 0 Å². The number of benzene rings is 1. The maximum atomic E-state index is 6.10. The van der Waals surface area contributed by atoms with Gasteiger partial charge in [-0.25, -0.2) is 0 Å². The molecule has 1 heterocycles. The molecule has 1 aliphatic rings. The van der Waals surface area contributed by atoms with Crippen molar-refractivity contribution in [1.29, 1.82) is 0 Å². The Hall–Kier alpha value is -0.240. The van der Waals surface area contributed by atoms with E-state index in [-0.39, 0.29) is 5.41 Å². The normalized spacial score (nSPS) is 30.4. The molecule has 0 aromatic heterocycles. The van der Waals surface area contributed by atoms with Crippen LogP contribution in [-0.4, -0.2) is 13.1 Å². The van der Waals surface area contributed by atoms with Gasteiger partial charge in [0.25, 0.3) is 0 Å². The van der Waals surface area contributed by atoms with Crippen LogP contribution in [0.15, 0.2) is 18.2 Å². The Morgan fingerprint density at radius 2 is 2.06 bits per heavy atom. The molecule has 1 fully saturated rings. The van der Waals surface area contributed by atoms with Crippen LogP contribution >= 0.6 is 23.2 Å². The van der Waals surface area contributed by atoms with E-state index < -0.39 is 0 Å². The van der Waals surface area contributed by atoms with E-state index in [4.69, 9.17) is 23.2 Å². The summed E-state index contributed by atoms with van der Waals surface area (Å²) in [5.74, 6) is 0.610. The summed E-state index contributed by atoms with van der Waals surface area (Å²) in [6.45, 7) is 6.74. The molecule has 1 nitrogen and oxygen atoms in total. The maximum Gasteiger partial charge on any atom is 0.0595 e. The first-order valence-electron chi connectivity index (χ1n) is 5.70. The van der Waals surface area contributed by atoms with E-state index in [0.717, 1.165) is 19.5 Å². The number of rotatable bonds is 1. The van der Waals surface area contributed by atoms with Crippen LogP contribution in [0.5, 0.6) is 0 Å². The van der Waals surface area contributed by atoms with Gasteiger partial charge in [-0.05, 0) is 48.5 Å². The third kappa shape index (κ3) is 2.09. The lowest BCUT2D eigenvalue weighted by Crippen LogP contribution is -2.44. The Bertz CT molecular complexity index is 392. The molecule has 2 rings (SSSR count). The maximum absolute atomic E-state index is 6.10. The zero-order valence-corrected chi connectivity index (χ0v) is 11.2. The molecule has 0 bridgehead atoms. The molecule has 1 saturated heterocycles. The van der Waals surface area contributed by atoms with Crippen molar-refractivity contribution >= 4 is 23.2 Å². The highest BCUT2D eigenvalue weighted by Gasteiger charge is 2.35. The zero-order chi connectivity index (χ0) is 11.8. The van der Waals surface area contributed by atoms with Crippen LogP contribution in [0, 0.1) is 5.92 Å². The lowest BCUT2D eigenvalue weighted by Gasteiger charge is -2.40. The second kappa shape index (κ2) is 4.56. The van der Waals surface area contributed by atoms with Gasteiger partial charge in [0.05, 0.1) is 10.0 Å². The van der Waals surface area contributed by atoms with E-state index in [9.17, 15) is 0 Å². The third-order valence-corrected chi connectivity index (χ3v) is 4.68. The number of halogens is 2. The van der Waals surface area contributed by atoms with Gasteiger partial charge in [0.2, 0.25) is 0 Å². The number of piperidine rings is 1. The van der Waals surface area contributed by atoms with Crippen molar-refractivity contribution in [2.45, 2.75) is 25.7 Å². The summed E-state index contributed by atoms with van der Waals surface area (Å²) in [5.41, 5.74) is 1.51. The van der Waals surface area contributed by atoms with Gasteiger partial charge in [-0.15, -0.1) is 0 Å². The van der Waals surface area contributed by atoms with Gasteiger partial charge >= 0.3 is 0 Å². The minimum absolute atomic E-state index is 0.208. The van der Waals surface area contributed by atoms with E-state index in [1.807, 2.05) is 12.1 Å². The van der Waals surface area contributed by atoms with Gasteiger partial charge in [0, 0.05) is 0 Å². The molecule has 1 N–H and O–H groups in total. The number of nitrogens with one attached hydrogen (secondary N) is 1. The average Bonchev–Trinajstić information content (AvgIpc) is 2.26. The molecule has 1 aromatic rings. The lowest BCUT2D eigenvalue weighted by atomic mass is 9.68. The third-order valence-electron chi connectivity index (χ3n) is 3.94. The highest BCUT2D eigenvalue weighted by Crippen LogP contribution is 2.39. The summed E-state index contributed by atoms with van der Waals surface area (Å²) in [6.07, 6.45) is 1.14. The molecular weight excluding hydrogens is 241 g/mol. The van der Waals surface area contributed by atoms with Crippen molar-refractivity contribution in [1.82, 2.24) is 5.32 Å². The minimum Gasteiger partial charge on any atom is -0.316 e. The highest BCUT2D eigenvalue weighted by molar-refractivity contribution is 6.42. The standard InChI is InChI=1S/C13H17Cl2N/c1-9-8-16-6-5-13(9,2)10-3-4-11(14)12(15)7-10/h3-4,7,9,16H,5-6,8H2,1-2H3/t9-,13-/m0/s1. The van der Waals surface area contributed by atoms with Crippen molar-refractivity contribution in [2.24, 2.45) is 5.92 Å². The van der Waals surface area contributed by atoms with Crippen LogP contribution in [-0.2, 0) is 5.41 Å². The van der Waals surface area contributed by atoms with Gasteiger partial charge in [-0.2, -0.15) is 0 Å². The number of hydrogen-bond acceptors (Lipinski definition) is 1. The Labute approximate surface area is 107 Å². The fraction of sp³-hybridized carbons (Fsp3) is 0.538. The summed E-state index contributed by atoms with van der Waals surface area (Å²) in [4.78, 5) is 0. The molecule has 0 unspecified atom stereocenters. The van der Waals surface area contributed by atoms with E-state index in [2.05, 4.69) is 25.2 Å². The van der Waals surface area contributed by atoms with Gasteiger partial charge in [0.15, 0.2) is 0 Å². The first-order valence-corrected chi connectivity index (χ1v) is 6.46. The van der Waals surface area contributed by atoms with Gasteiger partial charge in [-0.3, -0.25) is 0 Å². The second-order valence-electron chi connectivity index (χ2n) is 4.90. The van der Waals surface area contributed by atoms with Gasteiger partial charge in [-0.1, -0.05) is 43.1 Å². The van der Waals surface area contributed by atoms with Crippen molar-refractivity contribution in [3.05, 3.63) is 33.8 Å². The Morgan fingerprint density at radius 3 is 2.69 bits per heavy atom. The molecular formula is C13H17Cl2N. The molecule has 1 aliphatic heterocycles. The van der Waals surface area contributed by atoms with Crippen molar-refractivity contribution in [2.75, 3.05) is 13.1 Å². The molecule has 88 valence electrons. The van der Waals surface area contributed by atoms with Crippen LogP contribution in [0.1, 0.15) is 25.8 Å².